The van der Waals surface area contributed by atoms with Crippen molar-refractivity contribution in [1.82, 2.24) is 15.5 Å². The summed E-state index contributed by atoms with van der Waals surface area (Å²) >= 11 is 0. The Kier molecular flexibility index (Phi) is 52.5. The molecule has 0 aliphatic carbocycles. The number of benzene rings is 1. The lowest BCUT2D eigenvalue weighted by atomic mass is 10.0. The maximum absolute atomic E-state index is 13.1. The Morgan fingerprint density at radius 3 is 1.07 bits per heavy atom. The van der Waals surface area contributed by atoms with Gasteiger partial charge in [-0.25, -0.2) is 4.79 Å². The second-order valence-corrected chi connectivity index (χ2v) is 18.2. The van der Waals surface area contributed by atoms with Crippen LogP contribution in [0.1, 0.15) is 51.2 Å². The van der Waals surface area contributed by atoms with Crippen molar-refractivity contribution in [3.8, 4) is 0 Å². The standard InChI is InChI=1S/C55H102N4O21/c1-47(2)52(58-55(63)64)54(62)56-48(3)53(61)57-51-11-10-50(46-60)49(45-51)9-6-12-59(13-7-15-67-21-23-71-29-31-75-37-39-79-43-41-77-35-33-73-27-25-69-19-17-65-4)14-8-16-68-22-24-72-30-32-76-38-40-80-44-42-78-36-34-74-28-26-70-20-18-66-5/h10-11,45,47-48,52,58,60H,6-9,12-44,46H2,1-5H3,(H,56,62)(H,57,61)(H,63,64)/t48-,52-/m0/s1. The average molecular weight is 1160 g/mol. The predicted octanol–water partition coefficient (Wildman–Crippen LogP) is 2.45. The molecule has 0 bridgehead atoms. The molecule has 3 amide bonds. The fourth-order valence-corrected chi connectivity index (χ4v) is 7.11. The highest BCUT2D eigenvalue weighted by Crippen LogP contribution is 2.19. The molecule has 0 radical (unpaired) electrons. The Morgan fingerprint density at radius 1 is 0.438 bits per heavy atom. The molecule has 0 saturated carbocycles. The number of carbonyl (C=O) groups is 3. The molecule has 468 valence electrons. The van der Waals surface area contributed by atoms with Crippen LogP contribution in [0.4, 0.5) is 10.5 Å². The van der Waals surface area contributed by atoms with Crippen LogP contribution >= 0.6 is 0 Å². The van der Waals surface area contributed by atoms with E-state index in [1.54, 1.807) is 40.2 Å². The smallest absolute Gasteiger partial charge is 0.405 e. The lowest BCUT2D eigenvalue weighted by molar-refractivity contribution is -0.128. The van der Waals surface area contributed by atoms with Crippen molar-refractivity contribution >= 4 is 23.6 Å². The molecule has 1 rings (SSSR count). The van der Waals surface area contributed by atoms with Crippen molar-refractivity contribution in [2.75, 3.05) is 237 Å². The number of nitrogens with zero attached hydrogens (tertiary/aromatic N) is 1. The molecular formula is C55H102N4O21. The quantitative estimate of drug-likeness (QED) is 0.0586. The predicted molar refractivity (Wildman–Crippen MR) is 298 cm³/mol. The molecule has 5 N–H and O–H groups in total. The van der Waals surface area contributed by atoms with Crippen LogP contribution in [0.15, 0.2) is 18.2 Å². The molecule has 0 aromatic heterocycles. The van der Waals surface area contributed by atoms with Crippen molar-refractivity contribution in [3.05, 3.63) is 29.3 Å². The zero-order valence-corrected chi connectivity index (χ0v) is 48.9. The van der Waals surface area contributed by atoms with E-state index in [9.17, 15) is 19.5 Å². The zero-order chi connectivity index (χ0) is 58.2. The van der Waals surface area contributed by atoms with Crippen molar-refractivity contribution < 1.29 is 100 Å². The summed E-state index contributed by atoms with van der Waals surface area (Å²) < 4.78 is 87.8. The molecule has 0 aliphatic rings. The number of ether oxygens (including phenoxy) is 16. The Labute approximate surface area is 476 Å². The van der Waals surface area contributed by atoms with Crippen LogP contribution in [0.5, 0.6) is 0 Å². The van der Waals surface area contributed by atoms with Crippen molar-refractivity contribution in [3.63, 3.8) is 0 Å². The first-order valence-corrected chi connectivity index (χ1v) is 28.2. The van der Waals surface area contributed by atoms with Gasteiger partial charge in [-0.15, -0.1) is 0 Å². The number of aliphatic hydroxyl groups excluding tert-OH is 1. The number of amides is 3. The Morgan fingerprint density at radius 2 is 0.762 bits per heavy atom. The third kappa shape index (κ3) is 46.2. The molecule has 0 fully saturated rings. The van der Waals surface area contributed by atoms with Gasteiger partial charge in [0.25, 0.3) is 0 Å². The van der Waals surface area contributed by atoms with E-state index in [1.807, 2.05) is 6.07 Å². The first-order valence-electron chi connectivity index (χ1n) is 28.2. The van der Waals surface area contributed by atoms with Gasteiger partial charge < -0.3 is 107 Å². The number of hydrogen-bond donors (Lipinski definition) is 5. The fraction of sp³-hybridized carbons (Fsp3) is 0.836. The summed E-state index contributed by atoms with van der Waals surface area (Å²) in [6.45, 7) is 22.2. The average Bonchev–Trinajstić information content (AvgIpc) is 3.44. The Bertz CT molecular complexity index is 1520. The first kappa shape index (κ1) is 74.7. The first-order chi connectivity index (χ1) is 39.1. The molecule has 25 nitrogen and oxygen atoms in total. The van der Waals surface area contributed by atoms with Gasteiger partial charge in [0.15, 0.2) is 0 Å². The third-order valence-corrected chi connectivity index (χ3v) is 11.4. The maximum atomic E-state index is 13.1. The second kappa shape index (κ2) is 56.2. The number of rotatable bonds is 61. The van der Waals surface area contributed by atoms with Gasteiger partial charge in [0.05, 0.1) is 192 Å². The number of carboxylic acid groups (broad SMARTS) is 1. The van der Waals surface area contributed by atoms with Gasteiger partial charge in [0, 0.05) is 46.2 Å². The number of aliphatic hydroxyl groups is 1. The number of aryl methyl sites for hydroxylation is 1. The summed E-state index contributed by atoms with van der Waals surface area (Å²) in [7, 11) is 3.27. The van der Waals surface area contributed by atoms with E-state index in [2.05, 4.69) is 20.9 Å². The summed E-state index contributed by atoms with van der Waals surface area (Å²) in [4.78, 5) is 39.5. The summed E-state index contributed by atoms with van der Waals surface area (Å²) in [6.07, 6.45) is 1.73. The van der Waals surface area contributed by atoms with Crippen molar-refractivity contribution in [2.45, 2.75) is 65.1 Å². The molecule has 1 aromatic carbocycles. The van der Waals surface area contributed by atoms with Crippen molar-refractivity contribution in [2.24, 2.45) is 5.92 Å². The van der Waals surface area contributed by atoms with E-state index in [0.717, 1.165) is 50.0 Å². The minimum atomic E-state index is -1.33. The third-order valence-electron chi connectivity index (χ3n) is 11.4. The molecule has 1 aromatic rings. The maximum Gasteiger partial charge on any atom is 0.405 e. The summed E-state index contributed by atoms with van der Waals surface area (Å²) in [6, 6.07) is 3.36. The van der Waals surface area contributed by atoms with Gasteiger partial charge in [-0.1, -0.05) is 19.9 Å². The SMILES string of the molecule is COCCOCCOCCOCCOCCOCCOCCOCCCN(CCCOCCOCCOCCOCCOCCOCCOCCOC)CCCc1cc(NC(=O)[C@H](C)NC(=O)[C@@H](NC(=O)O)C(C)C)ccc1CO. The van der Waals surface area contributed by atoms with Crippen LogP contribution in [0, 0.1) is 5.92 Å². The second-order valence-electron chi connectivity index (χ2n) is 18.2. The van der Waals surface area contributed by atoms with Crippen LogP contribution in [0.25, 0.3) is 0 Å². The number of carbonyl (C=O) groups excluding carboxylic acids is 2. The van der Waals surface area contributed by atoms with Crippen LogP contribution in [0.2, 0.25) is 0 Å². The monoisotopic (exact) mass is 1150 g/mol. The summed E-state index contributed by atoms with van der Waals surface area (Å²) in [5.41, 5.74) is 2.16. The van der Waals surface area contributed by atoms with E-state index < -0.39 is 30.0 Å². The van der Waals surface area contributed by atoms with Gasteiger partial charge in [-0.2, -0.15) is 0 Å². The molecule has 2 atom stereocenters. The van der Waals surface area contributed by atoms with Crippen LogP contribution in [-0.2, 0) is 98.4 Å². The minimum Gasteiger partial charge on any atom is -0.465 e. The summed E-state index contributed by atoms with van der Waals surface area (Å²) in [5.74, 6) is -1.39. The molecule has 25 heteroatoms. The Hall–Kier alpha value is -3.29. The molecule has 80 heavy (non-hydrogen) atoms. The molecule has 0 saturated heterocycles. The highest BCUT2D eigenvalue weighted by atomic mass is 16.6. The lowest BCUT2D eigenvalue weighted by Crippen LogP contribution is -2.53. The van der Waals surface area contributed by atoms with Crippen molar-refractivity contribution in [1.29, 1.82) is 0 Å². The minimum absolute atomic E-state index is 0.163. The van der Waals surface area contributed by atoms with E-state index in [0.29, 0.717) is 210 Å². The topological polar surface area (TPSA) is 279 Å². The summed E-state index contributed by atoms with van der Waals surface area (Å²) in [5, 5.41) is 27.0. The lowest BCUT2D eigenvalue weighted by Gasteiger charge is -2.23. The van der Waals surface area contributed by atoms with E-state index in [-0.39, 0.29) is 12.5 Å². The van der Waals surface area contributed by atoms with Gasteiger partial charge in [0.1, 0.15) is 12.1 Å². The molecule has 0 aliphatic heterocycles. The van der Waals surface area contributed by atoms with Gasteiger partial charge in [0.2, 0.25) is 11.8 Å². The largest absolute Gasteiger partial charge is 0.465 e. The van der Waals surface area contributed by atoms with Gasteiger partial charge >= 0.3 is 6.09 Å². The number of hydrogen-bond acceptors (Lipinski definition) is 21. The Balaban J connectivity index is 2.41. The highest BCUT2D eigenvalue weighted by Gasteiger charge is 2.27. The van der Waals surface area contributed by atoms with Crippen LogP contribution < -0.4 is 16.0 Å². The van der Waals surface area contributed by atoms with E-state index in [1.165, 1.54) is 6.92 Å². The van der Waals surface area contributed by atoms with Gasteiger partial charge in [-0.3, -0.25) is 9.59 Å². The zero-order valence-electron chi connectivity index (χ0n) is 48.9. The van der Waals surface area contributed by atoms with E-state index >= 15 is 0 Å². The normalized spacial score (nSPS) is 12.4. The number of anilines is 1. The fourth-order valence-electron chi connectivity index (χ4n) is 7.11. The highest BCUT2D eigenvalue weighted by molar-refractivity contribution is 5.98. The van der Waals surface area contributed by atoms with Crippen LogP contribution in [0.3, 0.4) is 0 Å². The van der Waals surface area contributed by atoms with E-state index in [4.69, 9.17) is 80.9 Å². The van der Waals surface area contributed by atoms with Gasteiger partial charge in [-0.05, 0) is 68.3 Å². The van der Waals surface area contributed by atoms with Crippen LogP contribution in [-0.4, -0.2) is 277 Å². The number of methoxy groups -OCH3 is 2. The molecule has 0 heterocycles. The molecule has 0 spiro atoms. The molecule has 0 unspecified atom stereocenters. The number of nitrogens with one attached hydrogen (secondary N) is 3. The molecular weight excluding hydrogens is 1050 g/mol.